The number of nitrogens with one attached hydrogen (secondary N) is 1. The van der Waals surface area contributed by atoms with Crippen molar-refractivity contribution >= 4 is 34.3 Å². The van der Waals surface area contributed by atoms with Crippen molar-refractivity contribution in [1.29, 1.82) is 0 Å². The summed E-state index contributed by atoms with van der Waals surface area (Å²) in [6.45, 7) is -2.35. The quantitative estimate of drug-likeness (QED) is 0.230. The van der Waals surface area contributed by atoms with Crippen molar-refractivity contribution in [3.63, 3.8) is 0 Å². The first kappa shape index (κ1) is 23.4. The number of hydrogen-bond donors (Lipinski definition) is 2. The minimum Gasteiger partial charge on any atom is -0.867 e. The second-order valence-electron chi connectivity index (χ2n) is 7.17. The zero-order valence-electron chi connectivity index (χ0n) is 17.7. The number of pyridine rings is 1. The largest absolute Gasteiger partial charge is 0.867 e. The summed E-state index contributed by atoms with van der Waals surface area (Å²) in [4.78, 5) is 0.0857. The van der Waals surface area contributed by atoms with Gasteiger partial charge >= 0.3 is 6.61 Å². The zero-order valence-corrected chi connectivity index (χ0v) is 18.6. The number of rotatable bonds is 7. The molecule has 1 aliphatic rings. The number of benzene rings is 2. The molecular formula is C24H20F2N2O5S. The smallest absolute Gasteiger partial charge is 0.387 e. The van der Waals surface area contributed by atoms with Gasteiger partial charge in [0.2, 0.25) is 5.70 Å². The van der Waals surface area contributed by atoms with Crippen LogP contribution in [0.2, 0.25) is 0 Å². The summed E-state index contributed by atoms with van der Waals surface area (Å²) >= 11 is 5.56. The molecule has 2 N–H and O–H groups in total. The Hall–Kier alpha value is -3.76. The number of fused-ring (bicyclic) bond motifs is 1. The van der Waals surface area contributed by atoms with Crippen molar-refractivity contribution in [2.45, 2.75) is 13.2 Å². The molecule has 4 rings (SSSR count). The van der Waals surface area contributed by atoms with Crippen LogP contribution < -0.4 is 29.2 Å². The van der Waals surface area contributed by atoms with Crippen molar-refractivity contribution in [2.75, 3.05) is 18.5 Å². The van der Waals surface area contributed by atoms with Crippen molar-refractivity contribution < 1.29 is 37.8 Å². The van der Waals surface area contributed by atoms with Crippen molar-refractivity contribution in [3.8, 4) is 17.2 Å². The maximum atomic E-state index is 13.6. The normalized spacial score (nSPS) is 13.3. The van der Waals surface area contributed by atoms with Crippen molar-refractivity contribution in [3.05, 3.63) is 78.1 Å². The van der Waals surface area contributed by atoms with Crippen LogP contribution in [-0.2, 0) is 6.61 Å². The minimum absolute atomic E-state index is 0.00644. The Morgan fingerprint density at radius 1 is 1.12 bits per heavy atom. The van der Waals surface area contributed by atoms with Crippen molar-refractivity contribution in [2.24, 2.45) is 0 Å². The van der Waals surface area contributed by atoms with Gasteiger partial charge in [-0.15, -0.1) is 0 Å². The van der Waals surface area contributed by atoms with Crippen LogP contribution in [0.1, 0.15) is 11.1 Å². The fourth-order valence-electron chi connectivity index (χ4n) is 3.33. The second-order valence-corrected chi connectivity index (χ2v) is 7.58. The number of halogens is 2. The first-order valence-corrected chi connectivity index (χ1v) is 10.6. The van der Waals surface area contributed by atoms with E-state index in [9.17, 15) is 19.0 Å². The van der Waals surface area contributed by atoms with Gasteiger partial charge in [-0.3, -0.25) is 0 Å². The topological polar surface area (TPSA) is 86.9 Å². The minimum atomic E-state index is -2.93. The molecule has 7 nitrogen and oxygen atoms in total. The predicted molar refractivity (Wildman–Crippen MR) is 122 cm³/mol. The van der Waals surface area contributed by atoms with Crippen LogP contribution in [0.25, 0.3) is 11.5 Å². The number of alkyl halides is 2. The van der Waals surface area contributed by atoms with E-state index in [2.05, 4.69) is 10.1 Å². The first-order chi connectivity index (χ1) is 16.4. The fraction of sp³-hybridized carbons (Fsp3) is 0.167. The summed E-state index contributed by atoms with van der Waals surface area (Å²) in [6.07, 6.45) is 3.23. The lowest BCUT2D eigenvalue weighted by molar-refractivity contribution is -0.578. The molecule has 0 unspecified atom stereocenters. The fourth-order valence-corrected chi connectivity index (χ4v) is 3.64. The standard InChI is InChI=1S/C24H20F2N2O5S/c25-24(26)33-18-6-4-17(5-7-18)27-23(34)21(28-9-1-2-15(13-28)14-29)22(30)16-3-8-19-20(12-16)32-11-10-31-19/h1-9,12-13,24,29H,10-11,14H2,(H-,27,30,34). The van der Waals surface area contributed by atoms with Crippen LogP contribution in [0.4, 0.5) is 14.5 Å². The van der Waals surface area contributed by atoms with Gasteiger partial charge in [-0.25, -0.2) is 0 Å². The van der Waals surface area contributed by atoms with Gasteiger partial charge < -0.3 is 29.7 Å². The van der Waals surface area contributed by atoms with Gasteiger partial charge in [0.15, 0.2) is 28.9 Å². The second kappa shape index (κ2) is 10.4. The van der Waals surface area contributed by atoms with Gasteiger partial charge in [-0.1, -0.05) is 18.3 Å². The molecular weight excluding hydrogens is 466 g/mol. The number of anilines is 1. The third kappa shape index (κ3) is 5.41. The van der Waals surface area contributed by atoms with Crippen molar-refractivity contribution in [1.82, 2.24) is 0 Å². The average Bonchev–Trinajstić information content (AvgIpc) is 2.85. The maximum Gasteiger partial charge on any atom is 0.387 e. The molecule has 0 amide bonds. The highest BCUT2D eigenvalue weighted by Crippen LogP contribution is 2.32. The lowest BCUT2D eigenvalue weighted by Gasteiger charge is -2.21. The summed E-state index contributed by atoms with van der Waals surface area (Å²) in [5.41, 5.74) is 1.49. The highest BCUT2D eigenvalue weighted by molar-refractivity contribution is 7.81. The van der Waals surface area contributed by atoms with Crippen LogP contribution in [0.15, 0.2) is 67.0 Å². The number of thiocarbonyl (C=S) groups is 1. The molecule has 0 radical (unpaired) electrons. The molecule has 0 saturated carbocycles. The van der Waals surface area contributed by atoms with Gasteiger partial charge in [0, 0.05) is 17.3 Å². The molecule has 0 fully saturated rings. The van der Waals surface area contributed by atoms with Gasteiger partial charge in [-0.05, 0) is 53.8 Å². The van der Waals surface area contributed by atoms with Crippen LogP contribution in [0.3, 0.4) is 0 Å². The summed E-state index contributed by atoms with van der Waals surface area (Å²) in [7, 11) is 0. The number of ether oxygens (including phenoxy) is 3. The molecule has 3 aromatic rings. The molecule has 2 heterocycles. The van der Waals surface area contributed by atoms with E-state index in [0.29, 0.717) is 41.5 Å². The van der Waals surface area contributed by atoms with E-state index in [1.165, 1.54) is 28.8 Å². The Balaban J connectivity index is 1.71. The Morgan fingerprint density at radius 2 is 1.85 bits per heavy atom. The van der Waals surface area contributed by atoms with E-state index in [1.807, 2.05) is 0 Å². The number of aliphatic hydroxyl groups excluding tert-OH is 1. The molecule has 0 atom stereocenters. The zero-order chi connectivity index (χ0) is 24.1. The van der Waals surface area contributed by atoms with Crippen LogP contribution in [0.5, 0.6) is 17.2 Å². The van der Waals surface area contributed by atoms with E-state index in [4.69, 9.17) is 21.7 Å². The highest BCUT2D eigenvalue weighted by Gasteiger charge is 2.21. The summed E-state index contributed by atoms with van der Waals surface area (Å²) < 4.78 is 41.8. The Morgan fingerprint density at radius 3 is 2.56 bits per heavy atom. The molecule has 0 bridgehead atoms. The third-order valence-corrected chi connectivity index (χ3v) is 5.17. The first-order valence-electron chi connectivity index (χ1n) is 10.2. The molecule has 34 heavy (non-hydrogen) atoms. The van der Waals surface area contributed by atoms with Gasteiger partial charge in [0.25, 0.3) is 0 Å². The van der Waals surface area contributed by atoms with Crippen LogP contribution in [-0.4, -0.2) is 29.9 Å². The number of aromatic nitrogens is 1. The summed E-state index contributed by atoms with van der Waals surface area (Å²) in [5.74, 6) is 0.602. The van der Waals surface area contributed by atoms with E-state index in [1.54, 1.807) is 42.7 Å². The molecule has 1 aromatic heterocycles. The monoisotopic (exact) mass is 486 g/mol. The summed E-state index contributed by atoms with van der Waals surface area (Å²) in [6, 6.07) is 14.0. The van der Waals surface area contributed by atoms with E-state index in [-0.39, 0.29) is 23.0 Å². The Kier molecular flexibility index (Phi) is 7.19. The predicted octanol–water partition coefficient (Wildman–Crippen LogP) is 2.96. The van der Waals surface area contributed by atoms with E-state index >= 15 is 0 Å². The highest BCUT2D eigenvalue weighted by atomic mass is 32.1. The van der Waals surface area contributed by atoms with E-state index in [0.717, 1.165) is 0 Å². The molecule has 2 aromatic carbocycles. The molecule has 10 heteroatoms. The number of hydrogen-bond acceptors (Lipinski definition) is 6. The van der Waals surface area contributed by atoms with Gasteiger partial charge in [0.05, 0.1) is 6.61 Å². The number of aliphatic hydroxyl groups is 1. The Bertz CT molecular complexity index is 1220. The van der Waals surface area contributed by atoms with Gasteiger partial charge in [0.1, 0.15) is 19.0 Å². The SMILES string of the molecule is [O-]/C(=C(\C(=S)Nc1ccc(OC(F)F)cc1)[n+]1cccc(CO)c1)c1ccc2c(c1)OCCO2. The average molecular weight is 486 g/mol. The van der Waals surface area contributed by atoms with Gasteiger partial charge in [-0.2, -0.15) is 13.3 Å². The Labute approximate surface area is 199 Å². The maximum absolute atomic E-state index is 13.6. The molecule has 1 aliphatic heterocycles. The molecule has 0 saturated heterocycles. The molecule has 0 spiro atoms. The molecule has 0 aliphatic carbocycles. The molecule has 176 valence electrons. The van der Waals surface area contributed by atoms with E-state index < -0.39 is 12.4 Å². The lowest BCUT2D eigenvalue weighted by Crippen LogP contribution is -2.40. The number of nitrogens with zero attached hydrogens (tertiary/aromatic N) is 1. The lowest BCUT2D eigenvalue weighted by atomic mass is 10.1. The summed E-state index contributed by atoms with van der Waals surface area (Å²) in [5, 5.41) is 26.1. The van der Waals surface area contributed by atoms with Crippen LogP contribution in [0, 0.1) is 0 Å². The van der Waals surface area contributed by atoms with Crippen LogP contribution >= 0.6 is 12.2 Å². The third-order valence-electron chi connectivity index (χ3n) is 4.87.